The Hall–Kier alpha value is -0.470. The van der Waals surface area contributed by atoms with Crippen LogP contribution in [0, 0.1) is 0 Å². The van der Waals surface area contributed by atoms with Crippen molar-refractivity contribution in [3.05, 3.63) is 40.3 Å². The molecule has 0 radical (unpaired) electrons. The van der Waals surface area contributed by atoms with E-state index in [-0.39, 0.29) is 0 Å². The van der Waals surface area contributed by atoms with Gasteiger partial charge in [-0.2, -0.15) is 0 Å². The van der Waals surface area contributed by atoms with Gasteiger partial charge in [0.15, 0.2) is 0 Å². The van der Waals surface area contributed by atoms with Crippen LogP contribution in [0.25, 0.3) is 0 Å². The Morgan fingerprint density at radius 2 is 2.12 bits per heavy atom. The number of hydrogen-bond donors (Lipinski definition) is 1. The Bertz CT molecular complexity index is 339. The normalized spacial score (nSPS) is 10.1. The highest BCUT2D eigenvalue weighted by molar-refractivity contribution is 9.10. The van der Waals surface area contributed by atoms with Gasteiger partial charge in [-0.3, -0.25) is 0 Å². The second-order valence-electron chi connectivity index (χ2n) is 3.69. The maximum Gasteiger partial charge on any atom is 0.0549 e. The summed E-state index contributed by atoms with van der Waals surface area (Å²) in [7, 11) is 0. The van der Waals surface area contributed by atoms with Crippen molar-refractivity contribution in [2.24, 2.45) is 0 Å². The minimum Gasteiger partial charge on any atom is -0.385 e. The SMILES string of the molecule is C=CCCCCCNc1ccc(Cl)c(Br)c1. The van der Waals surface area contributed by atoms with Crippen LogP contribution in [0.2, 0.25) is 5.02 Å². The molecule has 88 valence electrons. The zero-order valence-electron chi connectivity index (χ0n) is 9.31. The van der Waals surface area contributed by atoms with Crippen LogP contribution in [0.1, 0.15) is 25.7 Å². The largest absolute Gasteiger partial charge is 0.385 e. The van der Waals surface area contributed by atoms with Gasteiger partial charge < -0.3 is 5.32 Å². The lowest BCUT2D eigenvalue weighted by molar-refractivity contribution is 0.709. The van der Waals surface area contributed by atoms with E-state index in [2.05, 4.69) is 27.8 Å². The maximum atomic E-state index is 5.92. The van der Waals surface area contributed by atoms with Gasteiger partial charge in [-0.25, -0.2) is 0 Å². The Kier molecular flexibility index (Phi) is 6.58. The first-order chi connectivity index (χ1) is 7.74. The number of rotatable bonds is 7. The van der Waals surface area contributed by atoms with Crippen molar-refractivity contribution in [2.75, 3.05) is 11.9 Å². The zero-order chi connectivity index (χ0) is 11.8. The molecule has 0 atom stereocenters. The molecule has 0 fully saturated rings. The Morgan fingerprint density at radius 3 is 2.81 bits per heavy atom. The predicted octanol–water partition coefficient (Wildman–Crippen LogP) is 5.26. The smallest absolute Gasteiger partial charge is 0.0549 e. The molecule has 0 unspecified atom stereocenters. The first-order valence-electron chi connectivity index (χ1n) is 5.54. The van der Waals surface area contributed by atoms with Crippen molar-refractivity contribution >= 4 is 33.2 Å². The maximum absolute atomic E-state index is 5.92. The Balaban J connectivity index is 2.21. The van der Waals surface area contributed by atoms with E-state index in [1.54, 1.807) is 0 Å². The minimum atomic E-state index is 0.747. The summed E-state index contributed by atoms with van der Waals surface area (Å²) < 4.78 is 0.936. The molecule has 0 spiro atoms. The van der Waals surface area contributed by atoms with Crippen LogP contribution < -0.4 is 5.32 Å². The average Bonchev–Trinajstić information content (AvgIpc) is 2.28. The molecule has 3 heteroatoms. The minimum absolute atomic E-state index is 0.747. The van der Waals surface area contributed by atoms with Crippen molar-refractivity contribution < 1.29 is 0 Å². The fourth-order valence-corrected chi connectivity index (χ4v) is 1.93. The lowest BCUT2D eigenvalue weighted by Crippen LogP contribution is -2.01. The van der Waals surface area contributed by atoms with Crippen LogP contribution in [0.4, 0.5) is 5.69 Å². The fraction of sp³-hybridized carbons (Fsp3) is 0.385. The number of hydrogen-bond acceptors (Lipinski definition) is 1. The van der Waals surface area contributed by atoms with Crippen molar-refractivity contribution in [1.29, 1.82) is 0 Å². The van der Waals surface area contributed by atoms with Crippen LogP contribution >= 0.6 is 27.5 Å². The summed E-state index contributed by atoms with van der Waals surface area (Å²) >= 11 is 9.32. The van der Waals surface area contributed by atoms with E-state index in [1.807, 2.05) is 24.3 Å². The van der Waals surface area contributed by atoms with E-state index in [4.69, 9.17) is 11.6 Å². The third kappa shape index (κ3) is 5.04. The molecule has 0 saturated heterocycles. The summed E-state index contributed by atoms with van der Waals surface area (Å²) in [5.41, 5.74) is 1.11. The van der Waals surface area contributed by atoms with Gasteiger partial charge in [-0.1, -0.05) is 24.1 Å². The van der Waals surface area contributed by atoms with Gasteiger partial charge in [0.2, 0.25) is 0 Å². The van der Waals surface area contributed by atoms with Gasteiger partial charge in [-0.15, -0.1) is 6.58 Å². The number of allylic oxidation sites excluding steroid dienone is 1. The molecule has 0 bridgehead atoms. The molecule has 0 saturated carbocycles. The molecule has 0 aliphatic heterocycles. The van der Waals surface area contributed by atoms with Crippen molar-refractivity contribution in [2.45, 2.75) is 25.7 Å². The quantitative estimate of drug-likeness (QED) is 0.535. The third-order valence-electron chi connectivity index (χ3n) is 2.33. The van der Waals surface area contributed by atoms with Crippen molar-refractivity contribution in [3.8, 4) is 0 Å². The summed E-state index contributed by atoms with van der Waals surface area (Å²) in [4.78, 5) is 0. The average molecular weight is 303 g/mol. The van der Waals surface area contributed by atoms with E-state index in [9.17, 15) is 0 Å². The van der Waals surface area contributed by atoms with E-state index in [1.165, 1.54) is 19.3 Å². The highest BCUT2D eigenvalue weighted by atomic mass is 79.9. The number of nitrogens with one attached hydrogen (secondary N) is 1. The van der Waals surface area contributed by atoms with Gasteiger partial charge >= 0.3 is 0 Å². The van der Waals surface area contributed by atoms with Crippen LogP contribution in [0.15, 0.2) is 35.3 Å². The molecule has 0 amide bonds. The third-order valence-corrected chi connectivity index (χ3v) is 3.55. The van der Waals surface area contributed by atoms with E-state index < -0.39 is 0 Å². The van der Waals surface area contributed by atoms with E-state index in [0.29, 0.717) is 0 Å². The molecule has 1 N–H and O–H groups in total. The molecular formula is C13H17BrClN. The first-order valence-corrected chi connectivity index (χ1v) is 6.71. The number of halogens is 2. The number of benzene rings is 1. The van der Waals surface area contributed by atoms with Gasteiger partial charge in [0.05, 0.1) is 5.02 Å². The summed E-state index contributed by atoms with van der Waals surface area (Å²) in [5.74, 6) is 0. The predicted molar refractivity (Wildman–Crippen MR) is 76.3 cm³/mol. The highest BCUT2D eigenvalue weighted by Crippen LogP contribution is 2.25. The molecule has 16 heavy (non-hydrogen) atoms. The van der Waals surface area contributed by atoms with Crippen molar-refractivity contribution in [1.82, 2.24) is 0 Å². The van der Waals surface area contributed by atoms with Crippen molar-refractivity contribution in [3.63, 3.8) is 0 Å². The molecule has 0 aliphatic carbocycles. The molecular weight excluding hydrogens is 286 g/mol. The summed E-state index contributed by atoms with van der Waals surface area (Å²) in [6.07, 6.45) is 6.76. The zero-order valence-corrected chi connectivity index (χ0v) is 11.6. The van der Waals surface area contributed by atoms with Crippen LogP contribution in [0.5, 0.6) is 0 Å². The van der Waals surface area contributed by atoms with Gasteiger partial charge in [0, 0.05) is 16.7 Å². The fourth-order valence-electron chi connectivity index (χ4n) is 1.43. The van der Waals surface area contributed by atoms with Gasteiger partial charge in [-0.05, 0) is 53.4 Å². The standard InChI is InChI=1S/C13H17BrClN/c1-2-3-4-5-6-9-16-11-7-8-13(15)12(14)10-11/h2,7-8,10,16H,1,3-6,9H2. The summed E-state index contributed by atoms with van der Waals surface area (Å²) in [5, 5.41) is 4.12. The first kappa shape index (κ1) is 13.6. The summed E-state index contributed by atoms with van der Waals surface area (Å²) in [6, 6.07) is 5.90. The van der Waals surface area contributed by atoms with Crippen LogP contribution in [-0.4, -0.2) is 6.54 Å². The molecule has 0 aliphatic rings. The molecule has 0 aromatic heterocycles. The van der Waals surface area contributed by atoms with Gasteiger partial charge in [0.25, 0.3) is 0 Å². The molecule has 1 rings (SSSR count). The molecule has 1 aromatic carbocycles. The number of anilines is 1. The number of unbranched alkanes of at least 4 members (excludes halogenated alkanes) is 3. The second-order valence-corrected chi connectivity index (χ2v) is 4.96. The van der Waals surface area contributed by atoms with E-state index >= 15 is 0 Å². The summed E-state index contributed by atoms with van der Waals surface area (Å²) in [6.45, 7) is 4.72. The molecule has 1 aromatic rings. The molecule has 1 nitrogen and oxygen atoms in total. The van der Waals surface area contributed by atoms with E-state index in [0.717, 1.165) is 28.1 Å². The van der Waals surface area contributed by atoms with Crippen LogP contribution in [0.3, 0.4) is 0 Å². The lowest BCUT2D eigenvalue weighted by Gasteiger charge is -2.07. The Labute approximate surface area is 111 Å². The monoisotopic (exact) mass is 301 g/mol. The molecule has 0 heterocycles. The van der Waals surface area contributed by atoms with Gasteiger partial charge in [0.1, 0.15) is 0 Å². The lowest BCUT2D eigenvalue weighted by atomic mass is 10.2. The second kappa shape index (κ2) is 7.75. The topological polar surface area (TPSA) is 12.0 Å². The van der Waals surface area contributed by atoms with Crippen LogP contribution in [-0.2, 0) is 0 Å². The Morgan fingerprint density at radius 1 is 1.31 bits per heavy atom. The highest BCUT2D eigenvalue weighted by Gasteiger charge is 1.97.